The zero-order chi connectivity index (χ0) is 14.1. The maximum Gasteiger partial charge on any atom is 0.136 e. The SMILES string of the molecule is CC(C)c1cc2c(F)cc(OCc3ccon3)cc2[nH]1. The molecule has 0 aliphatic heterocycles. The van der Waals surface area contributed by atoms with E-state index in [1.165, 1.54) is 12.3 Å². The number of halogens is 1. The van der Waals surface area contributed by atoms with Crippen molar-refractivity contribution in [1.29, 1.82) is 0 Å². The summed E-state index contributed by atoms with van der Waals surface area (Å²) in [6.07, 6.45) is 1.47. The highest BCUT2D eigenvalue weighted by molar-refractivity contribution is 5.82. The summed E-state index contributed by atoms with van der Waals surface area (Å²) in [6, 6.07) is 6.74. The molecule has 0 saturated carbocycles. The Bertz CT molecular complexity index is 717. The first-order chi connectivity index (χ1) is 9.63. The molecule has 1 N–H and O–H groups in total. The molecule has 3 rings (SSSR count). The van der Waals surface area contributed by atoms with Gasteiger partial charge in [0.1, 0.15) is 30.1 Å². The Hall–Kier alpha value is -2.30. The van der Waals surface area contributed by atoms with Gasteiger partial charge in [0.25, 0.3) is 0 Å². The molecule has 0 bridgehead atoms. The maximum atomic E-state index is 14.1. The number of aromatic amines is 1. The first-order valence-electron chi connectivity index (χ1n) is 6.47. The topological polar surface area (TPSA) is 51.1 Å². The molecule has 20 heavy (non-hydrogen) atoms. The van der Waals surface area contributed by atoms with E-state index in [1.54, 1.807) is 12.1 Å². The van der Waals surface area contributed by atoms with Crippen LogP contribution in [-0.2, 0) is 6.61 Å². The van der Waals surface area contributed by atoms with Crippen molar-refractivity contribution >= 4 is 10.9 Å². The van der Waals surface area contributed by atoms with Gasteiger partial charge >= 0.3 is 0 Å². The van der Waals surface area contributed by atoms with Crippen molar-refractivity contribution in [2.75, 3.05) is 0 Å². The highest BCUT2D eigenvalue weighted by Crippen LogP contribution is 2.27. The number of rotatable bonds is 4. The van der Waals surface area contributed by atoms with E-state index in [0.717, 1.165) is 11.2 Å². The van der Waals surface area contributed by atoms with Crippen LogP contribution in [0.15, 0.2) is 35.1 Å². The summed E-state index contributed by atoms with van der Waals surface area (Å²) in [5.74, 6) is 0.497. The average molecular weight is 274 g/mol. The number of H-pyrrole nitrogens is 1. The second-order valence-electron chi connectivity index (χ2n) is 5.03. The van der Waals surface area contributed by atoms with Crippen molar-refractivity contribution < 1.29 is 13.7 Å². The first kappa shape index (κ1) is 12.7. The van der Waals surface area contributed by atoms with E-state index in [4.69, 9.17) is 9.26 Å². The second-order valence-corrected chi connectivity index (χ2v) is 5.03. The number of ether oxygens (including phenoxy) is 1. The Morgan fingerprint density at radius 2 is 2.20 bits per heavy atom. The summed E-state index contributed by atoms with van der Waals surface area (Å²) in [7, 11) is 0. The van der Waals surface area contributed by atoms with E-state index in [9.17, 15) is 4.39 Å². The van der Waals surface area contributed by atoms with Gasteiger partial charge in [-0.05, 0) is 12.0 Å². The van der Waals surface area contributed by atoms with Crippen molar-refractivity contribution in [1.82, 2.24) is 10.1 Å². The molecule has 104 valence electrons. The minimum absolute atomic E-state index is 0.249. The maximum absolute atomic E-state index is 14.1. The van der Waals surface area contributed by atoms with Gasteiger partial charge in [0.15, 0.2) is 0 Å². The molecule has 0 aliphatic carbocycles. The molecular weight excluding hydrogens is 259 g/mol. The predicted molar refractivity (Wildman–Crippen MR) is 73.2 cm³/mol. The Kier molecular flexibility index (Phi) is 3.18. The number of nitrogens with zero attached hydrogens (tertiary/aromatic N) is 1. The summed E-state index contributed by atoms with van der Waals surface area (Å²) < 4.78 is 24.3. The third-order valence-electron chi connectivity index (χ3n) is 3.18. The van der Waals surface area contributed by atoms with Crippen molar-refractivity contribution in [3.05, 3.63) is 47.7 Å². The van der Waals surface area contributed by atoms with Crippen molar-refractivity contribution in [3.63, 3.8) is 0 Å². The van der Waals surface area contributed by atoms with Gasteiger partial charge in [-0.2, -0.15) is 0 Å². The molecule has 5 heteroatoms. The minimum atomic E-state index is -0.291. The van der Waals surface area contributed by atoms with Gasteiger partial charge in [0, 0.05) is 29.3 Å². The molecular formula is C15H15FN2O2. The number of hydrogen-bond acceptors (Lipinski definition) is 3. The van der Waals surface area contributed by atoms with E-state index in [1.807, 2.05) is 6.07 Å². The fraction of sp³-hybridized carbons (Fsp3) is 0.267. The predicted octanol–water partition coefficient (Wildman–Crippen LogP) is 4.00. The molecule has 0 aliphatic rings. The fourth-order valence-electron chi connectivity index (χ4n) is 2.05. The number of fused-ring (bicyclic) bond motifs is 1. The molecule has 0 fully saturated rings. The van der Waals surface area contributed by atoms with E-state index in [2.05, 4.69) is 24.0 Å². The van der Waals surface area contributed by atoms with Crippen LogP contribution >= 0.6 is 0 Å². The van der Waals surface area contributed by atoms with Crippen LogP contribution < -0.4 is 4.74 Å². The molecule has 0 atom stereocenters. The normalized spacial score (nSPS) is 11.4. The molecule has 0 radical (unpaired) electrons. The summed E-state index contributed by atoms with van der Waals surface area (Å²) in [6.45, 7) is 4.37. The fourth-order valence-corrected chi connectivity index (χ4v) is 2.05. The molecule has 0 unspecified atom stereocenters. The summed E-state index contributed by atoms with van der Waals surface area (Å²) in [4.78, 5) is 3.22. The Balaban J connectivity index is 1.88. The highest BCUT2D eigenvalue weighted by Gasteiger charge is 2.11. The molecule has 3 aromatic rings. The quantitative estimate of drug-likeness (QED) is 0.782. The lowest BCUT2D eigenvalue weighted by atomic mass is 10.1. The Morgan fingerprint density at radius 1 is 1.35 bits per heavy atom. The van der Waals surface area contributed by atoms with Gasteiger partial charge < -0.3 is 14.2 Å². The van der Waals surface area contributed by atoms with Crippen LogP contribution in [0.25, 0.3) is 10.9 Å². The molecule has 0 amide bonds. The third-order valence-corrected chi connectivity index (χ3v) is 3.18. The van der Waals surface area contributed by atoms with E-state index >= 15 is 0 Å². The summed E-state index contributed by atoms with van der Waals surface area (Å²) >= 11 is 0. The zero-order valence-corrected chi connectivity index (χ0v) is 11.3. The van der Waals surface area contributed by atoms with Crippen LogP contribution in [-0.4, -0.2) is 10.1 Å². The lowest BCUT2D eigenvalue weighted by Crippen LogP contribution is -1.96. The van der Waals surface area contributed by atoms with Gasteiger partial charge in [0.2, 0.25) is 0 Å². The smallest absolute Gasteiger partial charge is 0.136 e. The highest BCUT2D eigenvalue weighted by atomic mass is 19.1. The lowest BCUT2D eigenvalue weighted by Gasteiger charge is -2.04. The molecule has 0 saturated heterocycles. The first-order valence-corrected chi connectivity index (χ1v) is 6.47. The van der Waals surface area contributed by atoms with Crippen LogP contribution in [0.1, 0.15) is 31.2 Å². The van der Waals surface area contributed by atoms with Gasteiger partial charge in [-0.25, -0.2) is 4.39 Å². The van der Waals surface area contributed by atoms with Crippen molar-refractivity contribution in [2.45, 2.75) is 26.4 Å². The molecule has 2 heterocycles. The largest absolute Gasteiger partial charge is 0.487 e. The van der Waals surface area contributed by atoms with Crippen molar-refractivity contribution in [2.24, 2.45) is 0 Å². The van der Waals surface area contributed by atoms with Crippen LogP contribution in [0.5, 0.6) is 5.75 Å². The average Bonchev–Trinajstić information content (AvgIpc) is 3.05. The monoisotopic (exact) mass is 274 g/mol. The van der Waals surface area contributed by atoms with E-state index in [-0.39, 0.29) is 12.4 Å². The Morgan fingerprint density at radius 3 is 2.90 bits per heavy atom. The zero-order valence-electron chi connectivity index (χ0n) is 11.3. The standard InChI is InChI=1S/C15H15FN2O2/c1-9(2)14-7-12-13(16)5-11(6-15(12)17-14)19-8-10-3-4-20-18-10/h3-7,9,17H,8H2,1-2H3. The van der Waals surface area contributed by atoms with E-state index in [0.29, 0.717) is 22.7 Å². The van der Waals surface area contributed by atoms with Gasteiger partial charge in [-0.15, -0.1) is 0 Å². The molecule has 2 aromatic heterocycles. The van der Waals surface area contributed by atoms with Crippen LogP contribution in [0.2, 0.25) is 0 Å². The summed E-state index contributed by atoms with van der Waals surface area (Å²) in [5, 5.41) is 4.33. The van der Waals surface area contributed by atoms with Crippen LogP contribution in [0.4, 0.5) is 4.39 Å². The van der Waals surface area contributed by atoms with Gasteiger partial charge in [-0.3, -0.25) is 0 Å². The summed E-state index contributed by atoms with van der Waals surface area (Å²) in [5.41, 5.74) is 2.41. The Labute approximate surface area is 115 Å². The minimum Gasteiger partial charge on any atom is -0.487 e. The van der Waals surface area contributed by atoms with Crippen LogP contribution in [0, 0.1) is 5.82 Å². The molecule has 0 spiro atoms. The number of aromatic nitrogens is 2. The van der Waals surface area contributed by atoms with Gasteiger partial charge in [-0.1, -0.05) is 19.0 Å². The number of benzene rings is 1. The number of hydrogen-bond donors (Lipinski definition) is 1. The third kappa shape index (κ3) is 2.39. The second kappa shape index (κ2) is 5.00. The number of nitrogens with one attached hydrogen (secondary N) is 1. The van der Waals surface area contributed by atoms with Gasteiger partial charge in [0.05, 0.1) is 5.52 Å². The molecule has 4 nitrogen and oxygen atoms in total. The van der Waals surface area contributed by atoms with Crippen LogP contribution in [0.3, 0.4) is 0 Å². The lowest BCUT2D eigenvalue weighted by molar-refractivity contribution is 0.288. The molecule has 1 aromatic carbocycles. The van der Waals surface area contributed by atoms with E-state index < -0.39 is 0 Å². The van der Waals surface area contributed by atoms with Crippen molar-refractivity contribution in [3.8, 4) is 5.75 Å².